The summed E-state index contributed by atoms with van der Waals surface area (Å²) >= 11 is 0. The molecule has 2 amide bonds. The minimum Gasteiger partial charge on any atom is -0.356 e. The van der Waals surface area contributed by atoms with Gasteiger partial charge in [0.25, 0.3) is 0 Å². The predicted octanol–water partition coefficient (Wildman–Crippen LogP) is 2.24. The Morgan fingerprint density at radius 2 is 2.00 bits per heavy atom. The van der Waals surface area contributed by atoms with Crippen molar-refractivity contribution in [3.63, 3.8) is 0 Å². The third-order valence-corrected chi connectivity index (χ3v) is 2.48. The molecule has 0 atom stereocenters. The van der Waals surface area contributed by atoms with E-state index in [9.17, 15) is 9.59 Å². The highest BCUT2D eigenvalue weighted by atomic mass is 16.2. The molecule has 1 aromatic carbocycles. The van der Waals surface area contributed by atoms with Crippen LogP contribution in [0.2, 0.25) is 0 Å². The first kappa shape index (κ1) is 14.2. The highest BCUT2D eigenvalue weighted by Gasteiger charge is 2.08. The van der Waals surface area contributed by atoms with Gasteiger partial charge in [-0.1, -0.05) is 25.5 Å². The molecule has 0 heterocycles. The summed E-state index contributed by atoms with van der Waals surface area (Å²) in [6.45, 7) is 4.64. The van der Waals surface area contributed by atoms with Gasteiger partial charge in [0.05, 0.1) is 0 Å². The van der Waals surface area contributed by atoms with Gasteiger partial charge in [-0.15, -0.1) is 0 Å². The highest BCUT2D eigenvalue weighted by Crippen LogP contribution is 2.09. The molecule has 1 aromatic rings. The maximum atomic E-state index is 11.6. The second kappa shape index (κ2) is 7.48. The van der Waals surface area contributed by atoms with Gasteiger partial charge in [-0.05, 0) is 31.0 Å². The zero-order valence-corrected chi connectivity index (χ0v) is 11.0. The van der Waals surface area contributed by atoms with Crippen molar-refractivity contribution in [2.75, 3.05) is 11.9 Å². The molecule has 1 rings (SSSR count). The van der Waals surface area contributed by atoms with Gasteiger partial charge in [-0.2, -0.15) is 0 Å². The van der Waals surface area contributed by atoms with Crippen LogP contribution in [0.5, 0.6) is 0 Å². The smallest absolute Gasteiger partial charge is 0.233 e. The van der Waals surface area contributed by atoms with E-state index in [-0.39, 0.29) is 18.2 Å². The van der Waals surface area contributed by atoms with Crippen molar-refractivity contribution in [3.8, 4) is 0 Å². The summed E-state index contributed by atoms with van der Waals surface area (Å²) < 4.78 is 0. The Morgan fingerprint density at radius 3 is 2.67 bits per heavy atom. The number of anilines is 1. The van der Waals surface area contributed by atoms with E-state index in [1.807, 2.05) is 25.1 Å². The molecular weight excluding hydrogens is 228 g/mol. The zero-order valence-electron chi connectivity index (χ0n) is 11.0. The molecule has 18 heavy (non-hydrogen) atoms. The van der Waals surface area contributed by atoms with Crippen molar-refractivity contribution < 1.29 is 9.59 Å². The van der Waals surface area contributed by atoms with Crippen molar-refractivity contribution in [2.45, 2.75) is 33.1 Å². The van der Waals surface area contributed by atoms with E-state index >= 15 is 0 Å². The van der Waals surface area contributed by atoms with Gasteiger partial charge in [-0.3, -0.25) is 9.59 Å². The van der Waals surface area contributed by atoms with Crippen LogP contribution in [0.25, 0.3) is 0 Å². The topological polar surface area (TPSA) is 58.2 Å². The largest absolute Gasteiger partial charge is 0.356 e. The van der Waals surface area contributed by atoms with Gasteiger partial charge in [0, 0.05) is 12.2 Å². The zero-order chi connectivity index (χ0) is 13.4. The molecule has 0 radical (unpaired) electrons. The minimum atomic E-state index is -0.283. The number of nitrogens with one attached hydrogen (secondary N) is 2. The number of unbranched alkanes of at least 4 members (excludes halogenated alkanes) is 1. The number of hydrogen-bond donors (Lipinski definition) is 2. The number of benzene rings is 1. The SMILES string of the molecule is CCCCNC(=O)CC(=O)Nc1cccc(C)c1. The maximum Gasteiger partial charge on any atom is 0.233 e. The van der Waals surface area contributed by atoms with E-state index in [0.717, 1.165) is 24.1 Å². The van der Waals surface area contributed by atoms with Crippen molar-refractivity contribution >= 4 is 17.5 Å². The molecule has 0 fully saturated rings. The van der Waals surface area contributed by atoms with Crippen LogP contribution in [0, 0.1) is 6.92 Å². The Kier molecular flexibility index (Phi) is 5.91. The molecule has 0 saturated carbocycles. The molecule has 0 aliphatic heterocycles. The van der Waals surface area contributed by atoms with E-state index in [2.05, 4.69) is 17.6 Å². The molecule has 4 heteroatoms. The molecule has 0 unspecified atom stereocenters. The average Bonchev–Trinajstić information content (AvgIpc) is 2.29. The standard InChI is InChI=1S/C14H20N2O2/c1-3-4-8-15-13(17)10-14(18)16-12-7-5-6-11(2)9-12/h5-7,9H,3-4,8,10H2,1-2H3,(H,15,17)(H,16,18). The van der Waals surface area contributed by atoms with Crippen LogP contribution in [-0.2, 0) is 9.59 Å². The molecule has 2 N–H and O–H groups in total. The maximum absolute atomic E-state index is 11.6. The third kappa shape index (κ3) is 5.48. The first-order valence-electron chi connectivity index (χ1n) is 6.25. The lowest BCUT2D eigenvalue weighted by Gasteiger charge is -2.06. The molecule has 0 bridgehead atoms. The molecule has 4 nitrogen and oxygen atoms in total. The summed E-state index contributed by atoms with van der Waals surface area (Å²) in [6.07, 6.45) is 1.83. The van der Waals surface area contributed by atoms with Gasteiger partial charge in [-0.25, -0.2) is 0 Å². The fraction of sp³-hybridized carbons (Fsp3) is 0.429. The van der Waals surface area contributed by atoms with Gasteiger partial charge in [0.1, 0.15) is 6.42 Å². The van der Waals surface area contributed by atoms with Crippen molar-refractivity contribution in [1.82, 2.24) is 5.32 Å². The number of carbonyl (C=O) groups excluding carboxylic acids is 2. The molecule has 0 aromatic heterocycles. The minimum absolute atomic E-state index is 0.127. The molecular formula is C14H20N2O2. The van der Waals surface area contributed by atoms with E-state index < -0.39 is 0 Å². The summed E-state index contributed by atoms with van der Waals surface area (Å²) in [5, 5.41) is 5.42. The second-order valence-corrected chi connectivity index (χ2v) is 4.30. The van der Waals surface area contributed by atoms with Crippen molar-refractivity contribution in [3.05, 3.63) is 29.8 Å². The van der Waals surface area contributed by atoms with E-state index in [4.69, 9.17) is 0 Å². The number of hydrogen-bond acceptors (Lipinski definition) is 2. The van der Waals surface area contributed by atoms with Crippen LogP contribution < -0.4 is 10.6 Å². The average molecular weight is 248 g/mol. The van der Waals surface area contributed by atoms with Crippen LogP contribution in [0.4, 0.5) is 5.69 Å². The Bertz CT molecular complexity index is 416. The van der Waals surface area contributed by atoms with E-state index in [1.54, 1.807) is 6.07 Å². The normalized spacial score (nSPS) is 9.89. The van der Waals surface area contributed by atoms with Gasteiger partial charge >= 0.3 is 0 Å². The van der Waals surface area contributed by atoms with E-state index in [1.165, 1.54) is 0 Å². The fourth-order valence-electron chi connectivity index (χ4n) is 1.54. The summed E-state index contributed by atoms with van der Waals surface area (Å²) in [7, 11) is 0. The molecule has 0 aliphatic carbocycles. The Balaban J connectivity index is 2.35. The molecule has 0 saturated heterocycles. The summed E-state index contributed by atoms with van der Waals surface area (Å²) in [4.78, 5) is 23.0. The summed E-state index contributed by atoms with van der Waals surface area (Å²) in [5.74, 6) is -0.511. The van der Waals surface area contributed by atoms with E-state index in [0.29, 0.717) is 6.54 Å². The van der Waals surface area contributed by atoms with Crippen molar-refractivity contribution in [2.24, 2.45) is 0 Å². The number of amides is 2. The Morgan fingerprint density at radius 1 is 1.22 bits per heavy atom. The van der Waals surface area contributed by atoms with Crippen LogP contribution in [-0.4, -0.2) is 18.4 Å². The van der Waals surface area contributed by atoms with Crippen LogP contribution >= 0.6 is 0 Å². The first-order valence-corrected chi connectivity index (χ1v) is 6.25. The number of carbonyl (C=O) groups is 2. The summed E-state index contributed by atoms with van der Waals surface area (Å²) in [5.41, 5.74) is 1.79. The molecule has 98 valence electrons. The molecule has 0 spiro atoms. The van der Waals surface area contributed by atoms with Crippen LogP contribution in [0.3, 0.4) is 0 Å². The lowest BCUT2D eigenvalue weighted by molar-refractivity contribution is -0.126. The molecule has 0 aliphatic rings. The number of rotatable bonds is 6. The Hall–Kier alpha value is -1.84. The number of aryl methyl sites for hydroxylation is 1. The quantitative estimate of drug-likeness (QED) is 0.599. The second-order valence-electron chi connectivity index (χ2n) is 4.30. The van der Waals surface area contributed by atoms with Crippen molar-refractivity contribution in [1.29, 1.82) is 0 Å². The fourth-order valence-corrected chi connectivity index (χ4v) is 1.54. The third-order valence-electron chi connectivity index (χ3n) is 2.48. The van der Waals surface area contributed by atoms with Crippen LogP contribution in [0.1, 0.15) is 31.7 Å². The Labute approximate surface area is 108 Å². The lowest BCUT2D eigenvalue weighted by atomic mass is 10.2. The van der Waals surface area contributed by atoms with Gasteiger partial charge in [0.15, 0.2) is 0 Å². The van der Waals surface area contributed by atoms with Gasteiger partial charge in [0.2, 0.25) is 11.8 Å². The van der Waals surface area contributed by atoms with Crippen LogP contribution in [0.15, 0.2) is 24.3 Å². The first-order chi connectivity index (χ1) is 8.61. The lowest BCUT2D eigenvalue weighted by Crippen LogP contribution is -2.28. The predicted molar refractivity (Wildman–Crippen MR) is 72.3 cm³/mol. The highest BCUT2D eigenvalue weighted by molar-refractivity contribution is 6.03. The summed E-state index contributed by atoms with van der Waals surface area (Å²) in [6, 6.07) is 7.49. The monoisotopic (exact) mass is 248 g/mol. The van der Waals surface area contributed by atoms with Gasteiger partial charge < -0.3 is 10.6 Å².